The molecule has 41 heavy (non-hydrogen) atoms. The standard InChI is InChI=1S/C32H31NO8/c1-36-25-14-10-23(11-15-25)32(22-8-6-5-7-9-22,24-12-16-26(37-2)17-13-24)41-19-18-40-27-20-28(30(34)38-3)33-29(21-27)31(35)39-4/h5-17,20-21H,18-19H2,1-4H3. The SMILES string of the molecule is COC(=O)c1cc(OCCOC(c2ccccc2)(c2ccc(OC)cc2)c2ccc(OC)cc2)cc(C(=O)OC)n1. The molecular formula is C32H31NO8. The first-order chi connectivity index (χ1) is 19.9. The third-order valence-electron chi connectivity index (χ3n) is 6.43. The highest BCUT2D eigenvalue weighted by Gasteiger charge is 2.38. The van der Waals surface area contributed by atoms with Crippen LogP contribution in [0.4, 0.5) is 0 Å². The zero-order valence-electron chi connectivity index (χ0n) is 23.3. The van der Waals surface area contributed by atoms with Gasteiger partial charge in [0.15, 0.2) is 11.4 Å². The number of benzene rings is 3. The second kappa shape index (κ2) is 13.5. The molecule has 9 nitrogen and oxygen atoms in total. The molecule has 0 radical (unpaired) electrons. The zero-order chi connectivity index (χ0) is 29.2. The Bertz CT molecular complexity index is 1370. The molecule has 4 rings (SSSR count). The fourth-order valence-electron chi connectivity index (χ4n) is 4.44. The summed E-state index contributed by atoms with van der Waals surface area (Å²) in [6.07, 6.45) is 0. The molecule has 0 spiro atoms. The van der Waals surface area contributed by atoms with Gasteiger partial charge in [0, 0.05) is 12.1 Å². The van der Waals surface area contributed by atoms with Crippen LogP contribution in [0.2, 0.25) is 0 Å². The lowest BCUT2D eigenvalue weighted by Crippen LogP contribution is -2.34. The predicted octanol–water partition coefficient (Wildman–Crippen LogP) is 5.06. The molecular weight excluding hydrogens is 526 g/mol. The summed E-state index contributed by atoms with van der Waals surface area (Å²) in [5, 5.41) is 0. The fraction of sp³-hybridized carbons (Fsp3) is 0.219. The maximum absolute atomic E-state index is 12.1. The topological polar surface area (TPSA) is 102 Å². The molecule has 0 saturated carbocycles. The first-order valence-electron chi connectivity index (χ1n) is 12.7. The van der Waals surface area contributed by atoms with E-state index in [4.69, 9.17) is 28.4 Å². The maximum atomic E-state index is 12.1. The van der Waals surface area contributed by atoms with Gasteiger partial charge in [-0.3, -0.25) is 0 Å². The minimum atomic E-state index is -1.02. The van der Waals surface area contributed by atoms with Crippen LogP contribution in [0.1, 0.15) is 37.7 Å². The van der Waals surface area contributed by atoms with E-state index in [1.165, 1.54) is 26.4 Å². The number of carbonyl (C=O) groups is 2. The number of nitrogens with zero attached hydrogens (tertiary/aromatic N) is 1. The number of rotatable bonds is 12. The molecule has 1 aromatic heterocycles. The normalized spacial score (nSPS) is 10.9. The van der Waals surface area contributed by atoms with Crippen molar-refractivity contribution in [2.24, 2.45) is 0 Å². The van der Waals surface area contributed by atoms with Crippen LogP contribution in [0.5, 0.6) is 17.2 Å². The van der Waals surface area contributed by atoms with Gasteiger partial charge in [0.2, 0.25) is 0 Å². The molecule has 212 valence electrons. The quantitative estimate of drug-likeness (QED) is 0.134. The first-order valence-corrected chi connectivity index (χ1v) is 12.7. The molecule has 0 atom stereocenters. The van der Waals surface area contributed by atoms with Crippen LogP contribution in [0.25, 0.3) is 0 Å². The Hall–Kier alpha value is -4.89. The number of carbonyl (C=O) groups excluding carboxylic acids is 2. The summed E-state index contributed by atoms with van der Waals surface area (Å²) < 4.78 is 33.0. The Kier molecular flexibility index (Phi) is 9.55. The number of hydrogen-bond donors (Lipinski definition) is 0. The molecule has 0 N–H and O–H groups in total. The van der Waals surface area contributed by atoms with Crippen LogP contribution in [0, 0.1) is 0 Å². The zero-order valence-corrected chi connectivity index (χ0v) is 23.3. The van der Waals surface area contributed by atoms with Gasteiger partial charge in [0.25, 0.3) is 0 Å². The van der Waals surface area contributed by atoms with E-state index in [-0.39, 0.29) is 30.4 Å². The lowest BCUT2D eigenvalue weighted by Gasteiger charge is -2.36. The molecule has 0 bridgehead atoms. The minimum absolute atomic E-state index is 0.0820. The molecule has 4 aromatic rings. The van der Waals surface area contributed by atoms with Crippen LogP contribution in [-0.2, 0) is 19.8 Å². The monoisotopic (exact) mass is 557 g/mol. The lowest BCUT2D eigenvalue weighted by molar-refractivity contribution is -0.00248. The van der Waals surface area contributed by atoms with Crippen LogP contribution in [0.15, 0.2) is 91.0 Å². The summed E-state index contributed by atoms with van der Waals surface area (Å²) >= 11 is 0. The van der Waals surface area contributed by atoms with Gasteiger partial charge in [-0.2, -0.15) is 0 Å². The van der Waals surface area contributed by atoms with Gasteiger partial charge in [0.1, 0.15) is 29.5 Å². The smallest absolute Gasteiger partial charge is 0.356 e. The van der Waals surface area contributed by atoms with Crippen molar-refractivity contribution in [1.29, 1.82) is 0 Å². The molecule has 1 heterocycles. The Morgan fingerprint density at radius 2 is 1.07 bits per heavy atom. The van der Waals surface area contributed by atoms with Gasteiger partial charge in [-0.15, -0.1) is 0 Å². The number of esters is 2. The predicted molar refractivity (Wildman–Crippen MR) is 151 cm³/mol. The van der Waals surface area contributed by atoms with E-state index in [2.05, 4.69) is 4.98 Å². The molecule has 3 aromatic carbocycles. The number of hydrogen-bond acceptors (Lipinski definition) is 9. The van der Waals surface area contributed by atoms with Crippen LogP contribution < -0.4 is 14.2 Å². The third kappa shape index (κ3) is 6.47. The molecule has 0 saturated heterocycles. The molecule has 0 aliphatic heterocycles. The Morgan fingerprint density at radius 1 is 0.610 bits per heavy atom. The second-order valence-corrected chi connectivity index (χ2v) is 8.76. The highest BCUT2D eigenvalue weighted by atomic mass is 16.5. The summed E-state index contributed by atoms with van der Waals surface area (Å²) in [6, 6.07) is 28.1. The van der Waals surface area contributed by atoms with Crippen molar-refractivity contribution in [2.75, 3.05) is 41.7 Å². The molecule has 0 unspecified atom stereocenters. The largest absolute Gasteiger partial charge is 0.497 e. The Balaban J connectivity index is 1.69. The van der Waals surface area contributed by atoms with Gasteiger partial charge in [-0.05, 0) is 41.0 Å². The Labute approximate surface area is 238 Å². The number of aromatic nitrogens is 1. The van der Waals surface area contributed by atoms with E-state index < -0.39 is 17.5 Å². The molecule has 0 aliphatic rings. The number of methoxy groups -OCH3 is 4. The average Bonchev–Trinajstić information content (AvgIpc) is 3.04. The molecule has 9 heteroatoms. The number of pyridine rings is 1. The third-order valence-corrected chi connectivity index (χ3v) is 6.43. The number of ether oxygens (including phenoxy) is 6. The van der Waals surface area contributed by atoms with Crippen LogP contribution in [0.3, 0.4) is 0 Å². The van der Waals surface area contributed by atoms with Gasteiger partial charge < -0.3 is 28.4 Å². The van der Waals surface area contributed by atoms with Crippen LogP contribution in [-0.4, -0.2) is 58.6 Å². The highest BCUT2D eigenvalue weighted by Crippen LogP contribution is 2.41. The second-order valence-electron chi connectivity index (χ2n) is 8.76. The summed E-state index contributed by atoms with van der Waals surface area (Å²) in [5.74, 6) is 0.255. The van der Waals surface area contributed by atoms with Crippen molar-refractivity contribution >= 4 is 11.9 Å². The molecule has 0 aliphatic carbocycles. The van der Waals surface area contributed by atoms with Crippen molar-refractivity contribution in [2.45, 2.75) is 5.60 Å². The minimum Gasteiger partial charge on any atom is -0.497 e. The summed E-state index contributed by atoms with van der Waals surface area (Å²) in [6.45, 7) is 0.225. The van der Waals surface area contributed by atoms with Crippen molar-refractivity contribution in [3.05, 3.63) is 119 Å². The summed E-state index contributed by atoms with van der Waals surface area (Å²) in [7, 11) is 5.69. The van der Waals surface area contributed by atoms with Gasteiger partial charge >= 0.3 is 11.9 Å². The maximum Gasteiger partial charge on any atom is 0.356 e. The fourth-order valence-corrected chi connectivity index (χ4v) is 4.44. The van der Waals surface area contributed by atoms with Gasteiger partial charge in [0.05, 0.1) is 35.0 Å². The van der Waals surface area contributed by atoms with Gasteiger partial charge in [-0.1, -0.05) is 54.6 Å². The van der Waals surface area contributed by atoms with E-state index in [0.29, 0.717) is 11.5 Å². The summed E-state index contributed by atoms with van der Waals surface area (Å²) in [5.41, 5.74) is 1.47. The molecule has 0 fully saturated rings. The van der Waals surface area contributed by atoms with E-state index in [1.807, 2.05) is 78.9 Å². The first kappa shape index (κ1) is 29.1. The van der Waals surface area contributed by atoms with Gasteiger partial charge in [-0.25, -0.2) is 14.6 Å². The summed E-state index contributed by atoms with van der Waals surface area (Å²) in [4.78, 5) is 28.2. The van der Waals surface area contributed by atoms with Crippen molar-refractivity contribution in [3.63, 3.8) is 0 Å². The van der Waals surface area contributed by atoms with Crippen molar-refractivity contribution < 1.29 is 38.0 Å². The Morgan fingerprint density at radius 3 is 1.51 bits per heavy atom. The van der Waals surface area contributed by atoms with E-state index >= 15 is 0 Å². The lowest BCUT2D eigenvalue weighted by atomic mass is 9.80. The van der Waals surface area contributed by atoms with E-state index in [9.17, 15) is 9.59 Å². The molecule has 0 amide bonds. The average molecular weight is 558 g/mol. The van der Waals surface area contributed by atoms with E-state index in [1.54, 1.807) is 14.2 Å². The van der Waals surface area contributed by atoms with E-state index in [0.717, 1.165) is 16.7 Å². The van der Waals surface area contributed by atoms with Crippen LogP contribution >= 0.6 is 0 Å². The van der Waals surface area contributed by atoms with Crippen molar-refractivity contribution in [1.82, 2.24) is 4.98 Å². The highest BCUT2D eigenvalue weighted by molar-refractivity contribution is 5.92. The van der Waals surface area contributed by atoms with Crippen molar-refractivity contribution in [3.8, 4) is 17.2 Å².